The first-order valence-corrected chi connectivity index (χ1v) is 4.85. The monoisotopic (exact) mass is 228 g/mol. The highest BCUT2D eigenvalue weighted by molar-refractivity contribution is 6.31. The second kappa shape index (κ2) is 5.70. The molecule has 0 spiro atoms. The predicted octanol–water partition coefficient (Wildman–Crippen LogP) is 0.669. The Hall–Kier alpha value is -1.10. The summed E-state index contributed by atoms with van der Waals surface area (Å²) in [5.41, 5.74) is 11.2. The molecule has 0 radical (unpaired) electrons. The number of carbonyl (C=O) groups is 1. The van der Waals surface area contributed by atoms with Crippen LogP contribution in [0.4, 0.5) is 0 Å². The molecule has 82 valence electrons. The van der Waals surface area contributed by atoms with Gasteiger partial charge in [0.1, 0.15) is 6.04 Å². The van der Waals surface area contributed by atoms with Gasteiger partial charge in [-0.3, -0.25) is 4.79 Å². The van der Waals surface area contributed by atoms with Crippen LogP contribution in [0.1, 0.15) is 5.56 Å². The van der Waals surface area contributed by atoms with Crippen LogP contribution < -0.4 is 11.5 Å². The molecule has 0 aromatic heterocycles. The third kappa shape index (κ3) is 3.87. The Labute approximate surface area is 93.1 Å². The van der Waals surface area contributed by atoms with Gasteiger partial charge in [-0.05, 0) is 11.6 Å². The van der Waals surface area contributed by atoms with Crippen LogP contribution >= 0.6 is 11.6 Å². The zero-order valence-electron chi connectivity index (χ0n) is 8.15. The fraction of sp³-hybridized carbons (Fsp3) is 0.300. The standard InChI is InChI=1S/C10H13ClN2O2/c11-8-4-2-1-3-7(8)5-15-6-9(12)10(13)14/h1-4,9H,5-6,12H2,(H2,13,14). The van der Waals surface area contributed by atoms with Crippen molar-refractivity contribution < 1.29 is 9.53 Å². The summed E-state index contributed by atoms with van der Waals surface area (Å²) < 4.78 is 5.21. The summed E-state index contributed by atoms with van der Waals surface area (Å²) in [5.74, 6) is -0.575. The van der Waals surface area contributed by atoms with Gasteiger partial charge >= 0.3 is 0 Å². The summed E-state index contributed by atoms with van der Waals surface area (Å²) in [6.07, 6.45) is 0. The van der Waals surface area contributed by atoms with Crippen LogP contribution in [0.3, 0.4) is 0 Å². The first kappa shape index (κ1) is 12.0. The molecule has 0 saturated carbocycles. The smallest absolute Gasteiger partial charge is 0.236 e. The van der Waals surface area contributed by atoms with Crippen LogP contribution in [0.5, 0.6) is 0 Å². The maximum atomic E-state index is 10.6. The van der Waals surface area contributed by atoms with E-state index in [4.69, 9.17) is 27.8 Å². The minimum Gasteiger partial charge on any atom is -0.375 e. The average Bonchev–Trinajstić information content (AvgIpc) is 2.20. The molecule has 1 aromatic carbocycles. The number of carbonyl (C=O) groups excluding carboxylic acids is 1. The van der Waals surface area contributed by atoms with Crippen molar-refractivity contribution in [3.63, 3.8) is 0 Å². The zero-order valence-corrected chi connectivity index (χ0v) is 8.91. The molecule has 1 unspecified atom stereocenters. The van der Waals surface area contributed by atoms with Gasteiger partial charge in [0.2, 0.25) is 5.91 Å². The normalized spacial score (nSPS) is 12.4. The average molecular weight is 229 g/mol. The van der Waals surface area contributed by atoms with E-state index >= 15 is 0 Å². The first-order valence-electron chi connectivity index (χ1n) is 4.47. The Bertz CT molecular complexity index is 344. The summed E-state index contributed by atoms with van der Waals surface area (Å²) in [6.45, 7) is 0.418. The second-order valence-corrected chi connectivity index (χ2v) is 3.52. The molecule has 4 N–H and O–H groups in total. The number of rotatable bonds is 5. The number of nitrogens with two attached hydrogens (primary N) is 2. The third-order valence-electron chi connectivity index (χ3n) is 1.88. The number of hydrogen-bond donors (Lipinski definition) is 2. The summed E-state index contributed by atoms with van der Waals surface area (Å²) in [7, 11) is 0. The molecule has 0 aliphatic heterocycles. The van der Waals surface area contributed by atoms with Crippen LogP contribution in [0.25, 0.3) is 0 Å². The third-order valence-corrected chi connectivity index (χ3v) is 2.25. The first-order chi connectivity index (χ1) is 7.11. The fourth-order valence-electron chi connectivity index (χ4n) is 0.993. The van der Waals surface area contributed by atoms with Crippen molar-refractivity contribution in [1.82, 2.24) is 0 Å². The molecule has 1 rings (SSSR count). The summed E-state index contributed by atoms with van der Waals surface area (Å²) in [6, 6.07) is 6.54. The molecule has 0 aliphatic carbocycles. The molecule has 0 aliphatic rings. The van der Waals surface area contributed by atoms with Crippen LogP contribution in [-0.2, 0) is 16.1 Å². The SMILES string of the molecule is NC(=O)C(N)COCc1ccccc1Cl. The summed E-state index contributed by atoms with van der Waals surface area (Å²) in [4.78, 5) is 10.6. The number of primary amides is 1. The minimum atomic E-state index is -0.771. The molecule has 0 bridgehead atoms. The number of benzene rings is 1. The largest absolute Gasteiger partial charge is 0.375 e. The Balaban J connectivity index is 2.38. The molecule has 1 amide bonds. The van der Waals surface area contributed by atoms with Crippen molar-refractivity contribution in [3.8, 4) is 0 Å². The summed E-state index contributed by atoms with van der Waals surface area (Å²) >= 11 is 5.90. The summed E-state index contributed by atoms with van der Waals surface area (Å²) in [5, 5.41) is 0.630. The Morgan fingerprint density at radius 1 is 1.47 bits per heavy atom. The van der Waals surface area contributed by atoms with E-state index < -0.39 is 11.9 Å². The topological polar surface area (TPSA) is 78.3 Å². The van der Waals surface area contributed by atoms with Gasteiger partial charge < -0.3 is 16.2 Å². The number of hydrogen-bond acceptors (Lipinski definition) is 3. The van der Waals surface area contributed by atoms with E-state index in [9.17, 15) is 4.79 Å². The second-order valence-electron chi connectivity index (χ2n) is 3.12. The van der Waals surface area contributed by atoms with E-state index in [1.165, 1.54) is 0 Å². The van der Waals surface area contributed by atoms with Crippen molar-refractivity contribution in [3.05, 3.63) is 34.9 Å². The van der Waals surface area contributed by atoms with Crippen LogP contribution in [0, 0.1) is 0 Å². The lowest BCUT2D eigenvalue weighted by Crippen LogP contribution is -2.40. The molecular weight excluding hydrogens is 216 g/mol. The Kier molecular flexibility index (Phi) is 4.55. The van der Waals surface area contributed by atoms with E-state index in [0.29, 0.717) is 11.6 Å². The van der Waals surface area contributed by atoms with Crippen molar-refractivity contribution in [1.29, 1.82) is 0 Å². The molecule has 1 atom stereocenters. The van der Waals surface area contributed by atoms with E-state index in [-0.39, 0.29) is 6.61 Å². The van der Waals surface area contributed by atoms with Crippen molar-refractivity contribution in [2.45, 2.75) is 12.6 Å². The number of ether oxygens (including phenoxy) is 1. The minimum absolute atomic E-state index is 0.0978. The number of halogens is 1. The van der Waals surface area contributed by atoms with Crippen LogP contribution in [-0.4, -0.2) is 18.6 Å². The van der Waals surface area contributed by atoms with E-state index in [1.807, 2.05) is 18.2 Å². The highest BCUT2D eigenvalue weighted by Gasteiger charge is 2.09. The molecular formula is C10H13ClN2O2. The van der Waals surface area contributed by atoms with Gasteiger partial charge in [0.05, 0.1) is 13.2 Å². The molecule has 0 heterocycles. The number of amides is 1. The van der Waals surface area contributed by atoms with Crippen molar-refractivity contribution in [2.24, 2.45) is 11.5 Å². The van der Waals surface area contributed by atoms with Gasteiger partial charge in [0.25, 0.3) is 0 Å². The van der Waals surface area contributed by atoms with E-state index in [2.05, 4.69) is 0 Å². The maximum Gasteiger partial charge on any atom is 0.236 e. The zero-order chi connectivity index (χ0) is 11.3. The predicted molar refractivity (Wildman–Crippen MR) is 58.3 cm³/mol. The van der Waals surface area contributed by atoms with Gasteiger partial charge in [-0.15, -0.1) is 0 Å². The fourth-order valence-corrected chi connectivity index (χ4v) is 1.18. The molecule has 4 nitrogen and oxygen atoms in total. The van der Waals surface area contributed by atoms with Crippen molar-refractivity contribution in [2.75, 3.05) is 6.61 Å². The van der Waals surface area contributed by atoms with Gasteiger partial charge in [-0.1, -0.05) is 29.8 Å². The van der Waals surface area contributed by atoms with Gasteiger partial charge in [0.15, 0.2) is 0 Å². The molecule has 5 heteroatoms. The molecule has 1 aromatic rings. The maximum absolute atomic E-state index is 10.6. The van der Waals surface area contributed by atoms with Gasteiger partial charge in [-0.25, -0.2) is 0 Å². The molecule has 0 saturated heterocycles. The molecule has 15 heavy (non-hydrogen) atoms. The lowest BCUT2D eigenvalue weighted by molar-refractivity contribution is -0.120. The van der Waals surface area contributed by atoms with Crippen molar-refractivity contribution >= 4 is 17.5 Å². The van der Waals surface area contributed by atoms with Crippen LogP contribution in [0.15, 0.2) is 24.3 Å². The molecule has 0 fully saturated rings. The quantitative estimate of drug-likeness (QED) is 0.778. The lowest BCUT2D eigenvalue weighted by Gasteiger charge is -2.09. The van der Waals surface area contributed by atoms with Crippen LogP contribution in [0.2, 0.25) is 5.02 Å². The van der Waals surface area contributed by atoms with Gasteiger partial charge in [0, 0.05) is 5.02 Å². The van der Waals surface area contributed by atoms with E-state index in [0.717, 1.165) is 5.56 Å². The Morgan fingerprint density at radius 3 is 2.73 bits per heavy atom. The Morgan fingerprint density at radius 2 is 2.13 bits per heavy atom. The lowest BCUT2D eigenvalue weighted by atomic mass is 10.2. The van der Waals surface area contributed by atoms with Gasteiger partial charge in [-0.2, -0.15) is 0 Å². The highest BCUT2D eigenvalue weighted by Crippen LogP contribution is 2.15. The highest BCUT2D eigenvalue weighted by atomic mass is 35.5. The van der Waals surface area contributed by atoms with E-state index in [1.54, 1.807) is 6.07 Å².